The molecule has 3 nitrogen and oxygen atoms in total. The number of nitrogens with zero attached hydrogens (tertiary/aromatic N) is 2. The van der Waals surface area contributed by atoms with Gasteiger partial charge >= 0.3 is 0 Å². The summed E-state index contributed by atoms with van der Waals surface area (Å²) in [6.45, 7) is 6.55. The van der Waals surface area contributed by atoms with Gasteiger partial charge in [-0.05, 0) is 23.8 Å². The normalized spacial score (nSPS) is 17.4. The third-order valence-corrected chi connectivity index (χ3v) is 4.13. The highest BCUT2D eigenvalue weighted by molar-refractivity contribution is 5.48. The van der Waals surface area contributed by atoms with Crippen LogP contribution in [0.5, 0.6) is 0 Å². The molecule has 0 bridgehead atoms. The van der Waals surface area contributed by atoms with Gasteiger partial charge in [0, 0.05) is 39.3 Å². The van der Waals surface area contributed by atoms with Gasteiger partial charge < -0.3 is 4.42 Å². The summed E-state index contributed by atoms with van der Waals surface area (Å²) in [6, 6.07) is 14.4. The molecule has 120 valence electrons. The molecule has 1 aliphatic rings. The molecule has 1 aromatic heterocycles. The van der Waals surface area contributed by atoms with Crippen LogP contribution in [-0.4, -0.2) is 49.1 Å². The van der Waals surface area contributed by atoms with Crippen LogP contribution < -0.4 is 0 Å². The van der Waals surface area contributed by atoms with Crippen molar-refractivity contribution in [2.75, 3.05) is 39.3 Å². The standard InChI is InChI=1S/C20H24N2O/c1-2-7-19(8-3-1)9-4-12-21-14-16-22(17-15-21)13-5-10-20-11-6-18-23-20/h1-11,18H,12-17H2/b9-4+,10-5+. The Balaban J connectivity index is 1.36. The molecule has 2 heterocycles. The summed E-state index contributed by atoms with van der Waals surface area (Å²) >= 11 is 0. The largest absolute Gasteiger partial charge is 0.465 e. The number of piperazine rings is 1. The van der Waals surface area contributed by atoms with Gasteiger partial charge in [-0.2, -0.15) is 0 Å². The van der Waals surface area contributed by atoms with Crippen molar-refractivity contribution in [2.45, 2.75) is 0 Å². The molecule has 23 heavy (non-hydrogen) atoms. The third kappa shape index (κ3) is 5.23. The Morgan fingerprint density at radius 1 is 0.783 bits per heavy atom. The van der Waals surface area contributed by atoms with E-state index < -0.39 is 0 Å². The van der Waals surface area contributed by atoms with Gasteiger partial charge in [0.05, 0.1) is 6.26 Å². The molecule has 2 aromatic rings. The molecule has 0 aliphatic carbocycles. The lowest BCUT2D eigenvalue weighted by Gasteiger charge is -2.33. The van der Waals surface area contributed by atoms with Crippen molar-refractivity contribution >= 4 is 12.2 Å². The van der Waals surface area contributed by atoms with E-state index in [0.717, 1.165) is 45.0 Å². The molecule has 1 fully saturated rings. The monoisotopic (exact) mass is 308 g/mol. The molecule has 3 rings (SSSR count). The summed E-state index contributed by atoms with van der Waals surface area (Å²) in [4.78, 5) is 4.99. The summed E-state index contributed by atoms with van der Waals surface area (Å²) in [6.07, 6.45) is 10.4. The summed E-state index contributed by atoms with van der Waals surface area (Å²) in [7, 11) is 0. The number of benzene rings is 1. The van der Waals surface area contributed by atoms with E-state index >= 15 is 0 Å². The molecule has 3 heteroatoms. The minimum absolute atomic E-state index is 0.926. The average Bonchev–Trinajstić information content (AvgIpc) is 3.11. The molecule has 0 amide bonds. The fourth-order valence-electron chi connectivity index (χ4n) is 2.76. The van der Waals surface area contributed by atoms with Crippen LogP contribution in [-0.2, 0) is 0 Å². The minimum Gasteiger partial charge on any atom is -0.465 e. The first-order valence-corrected chi connectivity index (χ1v) is 8.26. The Hall–Kier alpha value is -2.10. The fourth-order valence-corrected chi connectivity index (χ4v) is 2.76. The number of furan rings is 1. The third-order valence-electron chi connectivity index (χ3n) is 4.13. The molecule has 0 atom stereocenters. The average molecular weight is 308 g/mol. The Morgan fingerprint density at radius 2 is 1.43 bits per heavy atom. The first-order valence-electron chi connectivity index (χ1n) is 8.26. The molecule has 1 aromatic carbocycles. The second-order valence-corrected chi connectivity index (χ2v) is 5.83. The number of hydrogen-bond acceptors (Lipinski definition) is 3. The predicted molar refractivity (Wildman–Crippen MR) is 96.1 cm³/mol. The van der Waals surface area contributed by atoms with Crippen molar-refractivity contribution in [1.29, 1.82) is 0 Å². The van der Waals surface area contributed by atoms with Gasteiger partial charge in [-0.3, -0.25) is 9.80 Å². The molecule has 0 radical (unpaired) electrons. The quantitative estimate of drug-likeness (QED) is 0.812. The zero-order valence-electron chi connectivity index (χ0n) is 13.5. The minimum atomic E-state index is 0.926. The Labute approximate surface area is 138 Å². The molecular formula is C20H24N2O. The van der Waals surface area contributed by atoms with Crippen LogP contribution in [0.1, 0.15) is 11.3 Å². The molecule has 0 saturated carbocycles. The van der Waals surface area contributed by atoms with Crippen molar-refractivity contribution < 1.29 is 4.42 Å². The zero-order chi connectivity index (χ0) is 15.7. The van der Waals surface area contributed by atoms with E-state index in [1.807, 2.05) is 12.1 Å². The highest BCUT2D eigenvalue weighted by Crippen LogP contribution is 2.06. The Bertz CT molecular complexity index is 608. The van der Waals surface area contributed by atoms with Gasteiger partial charge in [0.1, 0.15) is 5.76 Å². The number of hydrogen-bond donors (Lipinski definition) is 0. The molecule has 0 unspecified atom stereocenters. The highest BCUT2D eigenvalue weighted by atomic mass is 16.3. The van der Waals surface area contributed by atoms with Crippen LogP contribution >= 0.6 is 0 Å². The fraction of sp³-hybridized carbons (Fsp3) is 0.300. The van der Waals surface area contributed by atoms with Gasteiger partial charge in [0.25, 0.3) is 0 Å². The van der Waals surface area contributed by atoms with Gasteiger partial charge in [-0.25, -0.2) is 0 Å². The van der Waals surface area contributed by atoms with Crippen molar-refractivity contribution in [3.05, 3.63) is 72.2 Å². The maximum atomic E-state index is 5.30. The van der Waals surface area contributed by atoms with Crippen LogP contribution in [0.25, 0.3) is 12.2 Å². The summed E-state index contributed by atoms with van der Waals surface area (Å²) in [5, 5.41) is 0. The van der Waals surface area contributed by atoms with Gasteiger partial charge in [0.15, 0.2) is 0 Å². The molecular weight excluding hydrogens is 284 g/mol. The summed E-state index contributed by atoms with van der Waals surface area (Å²) in [5.74, 6) is 0.926. The van der Waals surface area contributed by atoms with E-state index in [1.54, 1.807) is 6.26 Å². The Morgan fingerprint density at radius 3 is 2.04 bits per heavy atom. The van der Waals surface area contributed by atoms with Crippen molar-refractivity contribution in [3.8, 4) is 0 Å². The first-order chi connectivity index (χ1) is 11.4. The van der Waals surface area contributed by atoms with E-state index in [-0.39, 0.29) is 0 Å². The second kappa shape index (κ2) is 8.51. The second-order valence-electron chi connectivity index (χ2n) is 5.83. The van der Waals surface area contributed by atoms with Crippen LogP contribution in [0.15, 0.2) is 65.3 Å². The van der Waals surface area contributed by atoms with Crippen molar-refractivity contribution in [3.63, 3.8) is 0 Å². The smallest absolute Gasteiger partial charge is 0.126 e. The van der Waals surface area contributed by atoms with E-state index in [1.165, 1.54) is 5.56 Å². The SMILES string of the molecule is C(=C\c1ccccc1)/CN1CCN(C/C=C/c2ccco2)CC1. The van der Waals surface area contributed by atoms with Crippen molar-refractivity contribution in [1.82, 2.24) is 9.80 Å². The topological polar surface area (TPSA) is 19.6 Å². The van der Waals surface area contributed by atoms with Crippen LogP contribution in [0, 0.1) is 0 Å². The van der Waals surface area contributed by atoms with Crippen molar-refractivity contribution in [2.24, 2.45) is 0 Å². The Kier molecular flexibility index (Phi) is 5.84. The first kappa shape index (κ1) is 15.8. The summed E-state index contributed by atoms with van der Waals surface area (Å²) in [5.41, 5.74) is 1.27. The van der Waals surface area contributed by atoms with Crippen LogP contribution in [0.3, 0.4) is 0 Å². The van der Waals surface area contributed by atoms with E-state index in [9.17, 15) is 0 Å². The molecule has 0 N–H and O–H groups in total. The maximum Gasteiger partial charge on any atom is 0.126 e. The van der Waals surface area contributed by atoms with Gasteiger partial charge in [0.2, 0.25) is 0 Å². The number of rotatable bonds is 6. The zero-order valence-corrected chi connectivity index (χ0v) is 13.5. The maximum absolute atomic E-state index is 5.30. The van der Waals surface area contributed by atoms with Gasteiger partial charge in [-0.1, -0.05) is 48.6 Å². The highest BCUT2D eigenvalue weighted by Gasteiger charge is 2.14. The van der Waals surface area contributed by atoms with E-state index in [2.05, 4.69) is 64.4 Å². The van der Waals surface area contributed by atoms with Gasteiger partial charge in [-0.15, -0.1) is 0 Å². The van der Waals surface area contributed by atoms with E-state index in [4.69, 9.17) is 4.42 Å². The lowest BCUT2D eigenvalue weighted by molar-refractivity contribution is 0.154. The predicted octanol–water partition coefficient (Wildman–Crippen LogP) is 3.62. The van der Waals surface area contributed by atoms with Crippen LogP contribution in [0.4, 0.5) is 0 Å². The molecule has 0 spiro atoms. The van der Waals surface area contributed by atoms with Crippen LogP contribution in [0.2, 0.25) is 0 Å². The van der Waals surface area contributed by atoms with E-state index in [0.29, 0.717) is 0 Å². The molecule has 1 aliphatic heterocycles. The lowest BCUT2D eigenvalue weighted by Crippen LogP contribution is -2.46. The lowest BCUT2D eigenvalue weighted by atomic mass is 10.2. The summed E-state index contributed by atoms with van der Waals surface area (Å²) < 4.78 is 5.30. The molecule has 1 saturated heterocycles.